The Kier molecular flexibility index (Phi) is 11.0. The van der Waals surface area contributed by atoms with Crippen molar-refractivity contribution in [1.82, 2.24) is 15.5 Å². The smallest absolute Gasteiger partial charge is 0.191 e. The summed E-state index contributed by atoms with van der Waals surface area (Å²) in [6.07, 6.45) is 3.63. The molecule has 2 rings (SSSR count). The zero-order valence-electron chi connectivity index (χ0n) is 16.8. The minimum atomic E-state index is 0. The van der Waals surface area contributed by atoms with Crippen LogP contribution in [0.25, 0.3) is 0 Å². The first kappa shape index (κ1) is 23.0. The molecule has 0 unspecified atom stereocenters. The van der Waals surface area contributed by atoms with E-state index in [1.807, 2.05) is 0 Å². The van der Waals surface area contributed by atoms with E-state index in [-0.39, 0.29) is 24.0 Å². The third-order valence-corrected chi connectivity index (χ3v) is 4.66. The summed E-state index contributed by atoms with van der Waals surface area (Å²) in [5.41, 5.74) is 2.45. The van der Waals surface area contributed by atoms with E-state index >= 15 is 0 Å². The Labute approximate surface area is 176 Å². The minimum Gasteiger partial charge on any atom is -0.378 e. The molecule has 1 fully saturated rings. The molecule has 1 aliphatic rings. The van der Waals surface area contributed by atoms with E-state index in [2.05, 4.69) is 72.6 Å². The van der Waals surface area contributed by atoms with Gasteiger partial charge in [-0.3, -0.25) is 0 Å². The van der Waals surface area contributed by atoms with Crippen LogP contribution in [0.15, 0.2) is 29.3 Å². The van der Waals surface area contributed by atoms with Crippen LogP contribution >= 0.6 is 24.0 Å². The maximum absolute atomic E-state index is 4.80. The number of nitrogens with zero attached hydrogens (tertiary/aromatic N) is 3. The third-order valence-electron chi connectivity index (χ3n) is 4.66. The van der Waals surface area contributed by atoms with Crippen molar-refractivity contribution >= 4 is 35.6 Å². The first-order valence-corrected chi connectivity index (χ1v) is 9.65. The number of benzene rings is 1. The van der Waals surface area contributed by atoms with Gasteiger partial charge in [-0.1, -0.05) is 19.1 Å². The molecule has 148 valence electrons. The van der Waals surface area contributed by atoms with Gasteiger partial charge in [0, 0.05) is 45.5 Å². The van der Waals surface area contributed by atoms with Crippen LogP contribution in [0.3, 0.4) is 0 Å². The molecule has 1 aliphatic heterocycles. The number of hydrogen-bond donors (Lipinski definition) is 2. The van der Waals surface area contributed by atoms with Crippen molar-refractivity contribution in [2.24, 2.45) is 4.99 Å². The topological polar surface area (TPSA) is 42.9 Å². The summed E-state index contributed by atoms with van der Waals surface area (Å²) in [7, 11) is 4.14. The van der Waals surface area contributed by atoms with Crippen LogP contribution in [0.1, 0.15) is 38.7 Å². The summed E-state index contributed by atoms with van der Waals surface area (Å²) < 4.78 is 0. The lowest BCUT2D eigenvalue weighted by atomic mass is 10.1. The highest BCUT2D eigenvalue weighted by molar-refractivity contribution is 14.0. The van der Waals surface area contributed by atoms with E-state index in [9.17, 15) is 0 Å². The summed E-state index contributed by atoms with van der Waals surface area (Å²) in [4.78, 5) is 9.49. The third kappa shape index (κ3) is 7.70. The molecule has 1 saturated heterocycles. The maximum Gasteiger partial charge on any atom is 0.191 e. The molecule has 0 saturated carbocycles. The number of hydrogen-bond acceptors (Lipinski definition) is 3. The molecule has 0 atom stereocenters. The number of aliphatic imine (C=N–C) groups is 1. The van der Waals surface area contributed by atoms with Crippen molar-refractivity contribution in [2.45, 2.75) is 45.7 Å². The number of guanidine groups is 1. The SMILES string of the molecule is CCCN1CCC(NC(=NCc2cccc(N(C)C)c2)NCC)CC1.I. The quantitative estimate of drug-likeness (QED) is 0.363. The molecule has 6 heteroatoms. The minimum absolute atomic E-state index is 0. The van der Waals surface area contributed by atoms with Gasteiger partial charge in [-0.2, -0.15) is 0 Å². The highest BCUT2D eigenvalue weighted by atomic mass is 127. The van der Waals surface area contributed by atoms with Crippen LogP contribution in [0, 0.1) is 0 Å². The average molecular weight is 473 g/mol. The highest BCUT2D eigenvalue weighted by Gasteiger charge is 2.19. The number of likely N-dealkylation sites (tertiary alicyclic amines) is 1. The van der Waals surface area contributed by atoms with Crippen LogP contribution in [0.5, 0.6) is 0 Å². The summed E-state index contributed by atoms with van der Waals surface area (Å²) >= 11 is 0. The van der Waals surface area contributed by atoms with Crippen molar-refractivity contribution in [3.8, 4) is 0 Å². The van der Waals surface area contributed by atoms with Crippen molar-refractivity contribution in [2.75, 3.05) is 45.2 Å². The van der Waals surface area contributed by atoms with E-state index in [1.54, 1.807) is 0 Å². The fourth-order valence-electron chi connectivity index (χ4n) is 3.23. The zero-order chi connectivity index (χ0) is 18.1. The van der Waals surface area contributed by atoms with Gasteiger partial charge in [0.2, 0.25) is 0 Å². The lowest BCUT2D eigenvalue weighted by Crippen LogP contribution is -2.48. The summed E-state index contributed by atoms with van der Waals surface area (Å²) in [6.45, 7) is 9.57. The molecule has 0 amide bonds. The van der Waals surface area contributed by atoms with Crippen LogP contribution in [0.2, 0.25) is 0 Å². The molecule has 1 aromatic rings. The number of piperidine rings is 1. The fraction of sp³-hybridized carbons (Fsp3) is 0.650. The van der Waals surface area contributed by atoms with E-state index in [0.29, 0.717) is 12.6 Å². The molecule has 0 aromatic heterocycles. The molecule has 0 spiro atoms. The van der Waals surface area contributed by atoms with Gasteiger partial charge in [-0.25, -0.2) is 4.99 Å². The summed E-state index contributed by atoms with van der Waals surface area (Å²) in [5, 5.41) is 7.02. The molecule has 5 nitrogen and oxygen atoms in total. The lowest BCUT2D eigenvalue weighted by Gasteiger charge is -2.32. The van der Waals surface area contributed by atoms with Gasteiger partial charge >= 0.3 is 0 Å². The Hall–Kier alpha value is -1.02. The number of nitrogens with one attached hydrogen (secondary N) is 2. The molecule has 0 bridgehead atoms. The second-order valence-corrected chi connectivity index (χ2v) is 7.02. The Balaban J connectivity index is 0.00000338. The van der Waals surface area contributed by atoms with Gasteiger partial charge in [0.05, 0.1) is 6.54 Å². The number of halogens is 1. The van der Waals surface area contributed by atoms with Crippen LogP contribution in [-0.4, -0.2) is 57.2 Å². The van der Waals surface area contributed by atoms with Crippen LogP contribution in [-0.2, 0) is 6.54 Å². The Morgan fingerprint density at radius 2 is 1.96 bits per heavy atom. The normalized spacial score (nSPS) is 16.1. The predicted molar refractivity (Wildman–Crippen MR) is 124 cm³/mol. The monoisotopic (exact) mass is 473 g/mol. The van der Waals surface area contributed by atoms with Gasteiger partial charge in [-0.15, -0.1) is 24.0 Å². The summed E-state index contributed by atoms with van der Waals surface area (Å²) in [6, 6.07) is 9.10. The van der Waals surface area contributed by atoms with Crippen molar-refractivity contribution in [3.05, 3.63) is 29.8 Å². The number of rotatable bonds is 7. The van der Waals surface area contributed by atoms with Gasteiger partial charge in [0.15, 0.2) is 5.96 Å². The van der Waals surface area contributed by atoms with Crippen LogP contribution in [0.4, 0.5) is 5.69 Å². The van der Waals surface area contributed by atoms with Gasteiger partial charge in [0.25, 0.3) is 0 Å². The molecule has 26 heavy (non-hydrogen) atoms. The lowest BCUT2D eigenvalue weighted by molar-refractivity contribution is 0.206. The first-order valence-electron chi connectivity index (χ1n) is 9.65. The fourth-order valence-corrected chi connectivity index (χ4v) is 3.23. The van der Waals surface area contributed by atoms with Crippen molar-refractivity contribution in [3.63, 3.8) is 0 Å². The second-order valence-electron chi connectivity index (χ2n) is 7.02. The Bertz CT molecular complexity index is 539. The average Bonchev–Trinajstić information content (AvgIpc) is 2.62. The van der Waals surface area contributed by atoms with E-state index in [0.717, 1.165) is 12.5 Å². The maximum atomic E-state index is 4.80. The predicted octanol–water partition coefficient (Wildman–Crippen LogP) is 3.30. The molecule has 1 heterocycles. The van der Waals surface area contributed by atoms with Crippen LogP contribution < -0.4 is 15.5 Å². The number of anilines is 1. The molecular formula is C20H36IN5. The zero-order valence-corrected chi connectivity index (χ0v) is 19.1. The molecule has 0 aliphatic carbocycles. The molecular weight excluding hydrogens is 437 g/mol. The summed E-state index contributed by atoms with van der Waals surface area (Å²) in [5.74, 6) is 0.937. The second kappa shape index (κ2) is 12.4. The van der Waals surface area contributed by atoms with Gasteiger partial charge in [-0.05, 0) is 50.4 Å². The van der Waals surface area contributed by atoms with E-state index in [1.165, 1.54) is 50.1 Å². The highest BCUT2D eigenvalue weighted by Crippen LogP contribution is 2.14. The first-order chi connectivity index (χ1) is 12.1. The van der Waals surface area contributed by atoms with Crippen molar-refractivity contribution < 1.29 is 0 Å². The van der Waals surface area contributed by atoms with E-state index < -0.39 is 0 Å². The Morgan fingerprint density at radius 1 is 1.23 bits per heavy atom. The van der Waals surface area contributed by atoms with E-state index in [4.69, 9.17) is 4.99 Å². The van der Waals surface area contributed by atoms with Crippen molar-refractivity contribution in [1.29, 1.82) is 0 Å². The van der Waals surface area contributed by atoms with Gasteiger partial charge < -0.3 is 20.4 Å². The largest absolute Gasteiger partial charge is 0.378 e. The molecule has 1 aromatic carbocycles. The van der Waals surface area contributed by atoms with Gasteiger partial charge in [0.1, 0.15) is 0 Å². The molecule has 2 N–H and O–H groups in total. The standard InChI is InChI=1S/C20H35N5.HI/c1-5-12-25-13-10-18(11-14-25)23-20(21-6-2)22-16-17-8-7-9-19(15-17)24(3)4;/h7-9,15,18H,5-6,10-14,16H2,1-4H3,(H2,21,22,23);1H. The Morgan fingerprint density at radius 3 is 2.58 bits per heavy atom. The molecule has 0 radical (unpaired) electrons.